The zero-order valence-corrected chi connectivity index (χ0v) is 19.8. The molecule has 3 amide bonds. The van der Waals surface area contributed by atoms with Crippen LogP contribution < -0.4 is 10.2 Å². The van der Waals surface area contributed by atoms with E-state index in [0.717, 1.165) is 13.0 Å². The zero-order chi connectivity index (χ0) is 23.5. The monoisotopic (exact) mass is 464 g/mol. The number of anilines is 1. The van der Waals surface area contributed by atoms with E-state index in [-0.39, 0.29) is 29.0 Å². The van der Waals surface area contributed by atoms with Crippen LogP contribution >= 0.6 is 0 Å². The van der Waals surface area contributed by atoms with Crippen LogP contribution in [0.15, 0.2) is 23.1 Å². The quantitative estimate of drug-likeness (QED) is 0.551. The first-order chi connectivity index (χ1) is 15.2. The Bertz CT molecular complexity index is 990. The van der Waals surface area contributed by atoms with Gasteiger partial charge in [0, 0.05) is 58.2 Å². The van der Waals surface area contributed by atoms with E-state index in [4.69, 9.17) is 0 Å². The van der Waals surface area contributed by atoms with Gasteiger partial charge < -0.3 is 10.2 Å². The number of likely N-dealkylation sites (tertiary alicyclic amines) is 1. The van der Waals surface area contributed by atoms with Gasteiger partial charge in [0.05, 0.1) is 4.90 Å². The topological polar surface area (TPSA) is 107 Å². The van der Waals surface area contributed by atoms with E-state index < -0.39 is 16.1 Å². The molecule has 1 N–H and O–H groups in total. The van der Waals surface area contributed by atoms with Crippen molar-refractivity contribution in [2.24, 2.45) is 0 Å². The van der Waals surface area contributed by atoms with Crippen molar-refractivity contribution in [2.45, 2.75) is 57.4 Å². The Labute approximate surface area is 189 Å². The minimum absolute atomic E-state index is 0.154. The van der Waals surface area contributed by atoms with Gasteiger partial charge in [-0.05, 0) is 36.6 Å². The molecule has 0 spiro atoms. The summed E-state index contributed by atoms with van der Waals surface area (Å²) in [5.41, 5.74) is 1.23. The summed E-state index contributed by atoms with van der Waals surface area (Å²) in [5, 5.41) is 2.87. The molecule has 176 valence electrons. The number of nitrogens with zero attached hydrogens (tertiary/aromatic N) is 3. The Morgan fingerprint density at radius 1 is 1.22 bits per heavy atom. The maximum atomic E-state index is 12.9. The normalized spacial score (nSPS) is 18.4. The van der Waals surface area contributed by atoms with Crippen LogP contribution in [0.1, 0.15) is 45.6 Å². The summed E-state index contributed by atoms with van der Waals surface area (Å²) < 4.78 is 27.1. The summed E-state index contributed by atoms with van der Waals surface area (Å²) in [6, 6.07) is 3.96. The molecule has 0 saturated carbocycles. The second kappa shape index (κ2) is 9.99. The fraction of sp³-hybridized carbons (Fsp3) is 0.591. The molecular formula is C22H32N4O5S. The minimum atomic E-state index is -3.63. The molecule has 2 aliphatic heterocycles. The van der Waals surface area contributed by atoms with E-state index in [1.54, 1.807) is 30.9 Å². The highest BCUT2D eigenvalue weighted by molar-refractivity contribution is 7.89. The van der Waals surface area contributed by atoms with Gasteiger partial charge in [-0.1, -0.05) is 13.8 Å². The lowest BCUT2D eigenvalue weighted by Crippen LogP contribution is -2.47. The average molecular weight is 465 g/mol. The molecule has 2 aliphatic rings. The highest BCUT2D eigenvalue weighted by Crippen LogP contribution is 2.34. The fourth-order valence-corrected chi connectivity index (χ4v) is 5.95. The predicted molar refractivity (Wildman–Crippen MR) is 121 cm³/mol. The molecule has 0 aromatic heterocycles. The zero-order valence-electron chi connectivity index (χ0n) is 19.0. The van der Waals surface area contributed by atoms with Gasteiger partial charge in [0.2, 0.25) is 27.7 Å². The van der Waals surface area contributed by atoms with E-state index in [1.807, 2.05) is 0 Å². The number of nitrogens with one attached hydrogen (secondary N) is 1. The largest absolute Gasteiger partial charge is 0.354 e. The number of rotatable bonds is 9. The molecule has 0 aliphatic carbocycles. The maximum absolute atomic E-state index is 12.9. The first kappa shape index (κ1) is 24.2. The van der Waals surface area contributed by atoms with Crippen LogP contribution in [0.4, 0.5) is 5.69 Å². The lowest BCUT2D eigenvalue weighted by molar-refractivity contribution is -0.127. The molecule has 0 bridgehead atoms. The molecule has 0 radical (unpaired) electrons. The van der Waals surface area contributed by atoms with Crippen LogP contribution in [0.3, 0.4) is 0 Å². The fourth-order valence-electron chi connectivity index (χ4n) is 4.44. The molecule has 1 aromatic rings. The number of hydrogen-bond donors (Lipinski definition) is 1. The van der Waals surface area contributed by atoms with Crippen molar-refractivity contribution < 1.29 is 22.8 Å². The Balaban J connectivity index is 1.70. The van der Waals surface area contributed by atoms with Gasteiger partial charge in [-0.2, -0.15) is 4.31 Å². The third-order valence-electron chi connectivity index (χ3n) is 6.10. The van der Waals surface area contributed by atoms with Crippen molar-refractivity contribution in [3.05, 3.63) is 23.8 Å². The summed E-state index contributed by atoms with van der Waals surface area (Å²) in [6.45, 7) is 7.47. The van der Waals surface area contributed by atoms with Gasteiger partial charge in [-0.15, -0.1) is 0 Å². The summed E-state index contributed by atoms with van der Waals surface area (Å²) >= 11 is 0. The van der Waals surface area contributed by atoms with Crippen molar-refractivity contribution in [2.75, 3.05) is 37.6 Å². The van der Waals surface area contributed by atoms with Crippen LogP contribution in [-0.2, 0) is 30.8 Å². The summed E-state index contributed by atoms with van der Waals surface area (Å²) in [6.07, 6.45) is 2.37. The molecule has 1 fully saturated rings. The molecule has 1 saturated heterocycles. The van der Waals surface area contributed by atoms with Gasteiger partial charge >= 0.3 is 0 Å². The first-order valence-electron chi connectivity index (χ1n) is 11.2. The lowest BCUT2D eigenvalue weighted by Gasteiger charge is -2.24. The van der Waals surface area contributed by atoms with Gasteiger partial charge in [0.15, 0.2) is 0 Å². The summed E-state index contributed by atoms with van der Waals surface area (Å²) in [4.78, 5) is 40.3. The Hall–Kier alpha value is -2.46. The smallest absolute Gasteiger partial charge is 0.243 e. The van der Waals surface area contributed by atoms with Crippen molar-refractivity contribution in [3.8, 4) is 0 Å². The van der Waals surface area contributed by atoms with Gasteiger partial charge in [0.25, 0.3) is 0 Å². The second-order valence-electron chi connectivity index (χ2n) is 8.12. The molecule has 32 heavy (non-hydrogen) atoms. The van der Waals surface area contributed by atoms with E-state index in [9.17, 15) is 22.8 Å². The van der Waals surface area contributed by atoms with E-state index in [2.05, 4.69) is 5.32 Å². The Morgan fingerprint density at radius 2 is 1.94 bits per heavy atom. The third kappa shape index (κ3) is 4.80. The maximum Gasteiger partial charge on any atom is 0.243 e. The van der Waals surface area contributed by atoms with E-state index in [1.165, 1.54) is 22.2 Å². The van der Waals surface area contributed by atoms with Crippen LogP contribution in [-0.4, -0.2) is 74.1 Å². The molecule has 1 atom stereocenters. The minimum Gasteiger partial charge on any atom is -0.354 e. The summed E-state index contributed by atoms with van der Waals surface area (Å²) in [7, 11) is -3.63. The molecule has 10 heteroatoms. The number of hydrogen-bond acceptors (Lipinski definition) is 5. The number of carbonyl (C=O) groups is 3. The van der Waals surface area contributed by atoms with Crippen molar-refractivity contribution in [1.29, 1.82) is 0 Å². The molecule has 0 unspecified atom stereocenters. The van der Waals surface area contributed by atoms with E-state index >= 15 is 0 Å². The van der Waals surface area contributed by atoms with Gasteiger partial charge in [-0.25, -0.2) is 8.42 Å². The highest BCUT2D eigenvalue weighted by atomic mass is 32.2. The van der Waals surface area contributed by atoms with Crippen LogP contribution in [0.25, 0.3) is 0 Å². The predicted octanol–water partition coefficient (Wildman–Crippen LogP) is 1.12. The summed E-state index contributed by atoms with van der Waals surface area (Å²) in [5.74, 6) is -0.399. The van der Waals surface area contributed by atoms with Crippen LogP contribution in [0, 0.1) is 0 Å². The second-order valence-corrected chi connectivity index (χ2v) is 10.1. The van der Waals surface area contributed by atoms with Crippen molar-refractivity contribution >= 4 is 33.4 Å². The molecule has 9 nitrogen and oxygen atoms in total. The van der Waals surface area contributed by atoms with Crippen molar-refractivity contribution in [3.63, 3.8) is 0 Å². The molecule has 2 heterocycles. The number of sulfonamides is 1. The van der Waals surface area contributed by atoms with Crippen molar-refractivity contribution in [1.82, 2.24) is 14.5 Å². The van der Waals surface area contributed by atoms with Crippen LogP contribution in [0.5, 0.6) is 0 Å². The third-order valence-corrected chi connectivity index (χ3v) is 8.14. The van der Waals surface area contributed by atoms with Crippen LogP contribution in [0.2, 0.25) is 0 Å². The SMILES string of the molecule is CCN(CC)S(=O)(=O)c1ccc2c(c1)C[C@@H](C(=O)NCCCN1CCCC1=O)N2C(C)=O. The highest BCUT2D eigenvalue weighted by Gasteiger charge is 2.38. The molecule has 1 aromatic carbocycles. The average Bonchev–Trinajstić information content (AvgIpc) is 3.34. The number of fused-ring (bicyclic) bond motifs is 1. The van der Waals surface area contributed by atoms with E-state index in [0.29, 0.717) is 50.3 Å². The molecular weight excluding hydrogens is 432 g/mol. The number of amides is 3. The molecule has 3 rings (SSSR count). The number of carbonyl (C=O) groups excluding carboxylic acids is 3. The lowest BCUT2D eigenvalue weighted by atomic mass is 10.1. The van der Waals surface area contributed by atoms with Gasteiger partial charge in [0.1, 0.15) is 6.04 Å². The Morgan fingerprint density at radius 3 is 2.53 bits per heavy atom. The van der Waals surface area contributed by atoms with Gasteiger partial charge in [-0.3, -0.25) is 19.3 Å². The Kier molecular flexibility index (Phi) is 7.55. The first-order valence-corrected chi connectivity index (χ1v) is 12.6. The number of benzene rings is 1. The standard InChI is InChI=1S/C22H32N4O5S/c1-4-25(5-2)32(30,31)18-9-10-19-17(14-18)15-20(26(19)16(3)27)22(29)23-11-7-13-24-12-6-8-21(24)28/h9-10,14,20H,4-8,11-13,15H2,1-3H3,(H,23,29)/t20-/m0/s1.